The van der Waals surface area contributed by atoms with Gasteiger partial charge in [0.1, 0.15) is 18.7 Å². The van der Waals surface area contributed by atoms with Crippen LogP contribution in [0.2, 0.25) is 19.6 Å². The fourth-order valence-electron chi connectivity index (χ4n) is 1.40. The van der Waals surface area contributed by atoms with Crippen molar-refractivity contribution >= 4 is 23.6 Å². The quantitative estimate of drug-likeness (QED) is 0.662. The third kappa shape index (κ3) is 5.37. The van der Waals surface area contributed by atoms with Gasteiger partial charge in [0.05, 0.1) is 6.54 Å². The number of nitrogens with one attached hydrogen (secondary N) is 1. The number of hydrogen-bond donors (Lipinski definition) is 2. The summed E-state index contributed by atoms with van der Waals surface area (Å²) in [7, 11) is -4.76. The number of phenols is 1. The normalized spacial score (nSPS) is 11.6. The van der Waals surface area contributed by atoms with Crippen LogP contribution in [0.25, 0.3) is 0 Å². The van der Waals surface area contributed by atoms with E-state index in [1.165, 1.54) is 12.1 Å². The standard InChI is InChI=1S/C13H19NO3SSi/c1-18(16,17)13-7-6-11(10-12(13)15)14-8-5-9-19(2,3)4/h6-7,10,14-15H,8H2,1-4H3. The van der Waals surface area contributed by atoms with Gasteiger partial charge in [0.15, 0.2) is 9.84 Å². The van der Waals surface area contributed by atoms with Gasteiger partial charge < -0.3 is 10.4 Å². The van der Waals surface area contributed by atoms with E-state index in [9.17, 15) is 13.5 Å². The van der Waals surface area contributed by atoms with Gasteiger partial charge in [0.2, 0.25) is 0 Å². The molecule has 0 saturated heterocycles. The lowest BCUT2D eigenvalue weighted by molar-refractivity contribution is 0.459. The molecule has 0 amide bonds. The van der Waals surface area contributed by atoms with Crippen LogP contribution < -0.4 is 5.32 Å². The molecular formula is C13H19NO3SSi. The van der Waals surface area contributed by atoms with Crippen molar-refractivity contribution in [2.24, 2.45) is 0 Å². The Bertz CT molecular complexity index is 622. The summed E-state index contributed by atoms with van der Waals surface area (Å²) in [4.78, 5) is -0.0637. The molecule has 0 bridgehead atoms. The summed E-state index contributed by atoms with van der Waals surface area (Å²) >= 11 is 0. The summed E-state index contributed by atoms with van der Waals surface area (Å²) in [5, 5.41) is 12.7. The van der Waals surface area contributed by atoms with Crippen LogP contribution in [0, 0.1) is 11.5 Å². The van der Waals surface area contributed by atoms with Crippen LogP contribution >= 0.6 is 0 Å². The molecule has 0 radical (unpaired) electrons. The molecule has 1 rings (SSSR count). The summed E-state index contributed by atoms with van der Waals surface area (Å²) in [6.07, 6.45) is 1.06. The fraction of sp³-hybridized carbons (Fsp3) is 0.385. The minimum absolute atomic E-state index is 0.0637. The van der Waals surface area contributed by atoms with Crippen molar-refractivity contribution in [1.29, 1.82) is 0 Å². The van der Waals surface area contributed by atoms with E-state index in [1.54, 1.807) is 6.07 Å². The van der Waals surface area contributed by atoms with Crippen molar-refractivity contribution in [3.63, 3.8) is 0 Å². The zero-order valence-corrected chi connectivity index (χ0v) is 13.4. The van der Waals surface area contributed by atoms with E-state index in [4.69, 9.17) is 0 Å². The minimum atomic E-state index is -3.39. The van der Waals surface area contributed by atoms with Crippen molar-refractivity contribution in [3.8, 4) is 17.2 Å². The second-order valence-corrected chi connectivity index (χ2v) is 12.1. The largest absolute Gasteiger partial charge is 0.507 e. The lowest BCUT2D eigenvalue weighted by atomic mass is 10.3. The molecule has 19 heavy (non-hydrogen) atoms. The molecule has 0 aromatic heterocycles. The van der Waals surface area contributed by atoms with E-state index < -0.39 is 17.9 Å². The SMILES string of the molecule is C[Si](C)(C)C#CCNc1ccc(S(C)(=O)=O)c(O)c1. The first-order valence-corrected chi connectivity index (χ1v) is 11.3. The monoisotopic (exact) mass is 297 g/mol. The maximum Gasteiger partial charge on any atom is 0.179 e. The Morgan fingerprint density at radius 1 is 1.32 bits per heavy atom. The zero-order chi connectivity index (χ0) is 14.7. The summed E-state index contributed by atoms with van der Waals surface area (Å²) in [6, 6.07) is 4.40. The maximum atomic E-state index is 11.3. The third-order valence-corrected chi connectivity index (χ3v) is 4.27. The Morgan fingerprint density at radius 3 is 2.42 bits per heavy atom. The van der Waals surface area contributed by atoms with Crippen LogP contribution in [0.15, 0.2) is 23.1 Å². The number of hydrogen-bond acceptors (Lipinski definition) is 4. The fourth-order valence-corrected chi connectivity index (χ4v) is 2.77. The first-order valence-electron chi connectivity index (χ1n) is 5.86. The first-order chi connectivity index (χ1) is 8.59. The molecule has 1 aromatic rings. The summed E-state index contributed by atoms with van der Waals surface area (Å²) in [6.45, 7) is 6.95. The number of aromatic hydroxyl groups is 1. The van der Waals surface area contributed by atoms with Crippen molar-refractivity contribution in [2.75, 3.05) is 18.1 Å². The molecule has 0 aliphatic heterocycles. The Balaban J connectivity index is 2.78. The Hall–Kier alpha value is -1.45. The van der Waals surface area contributed by atoms with Crippen LogP contribution in [0.5, 0.6) is 5.75 Å². The Morgan fingerprint density at radius 2 is 1.95 bits per heavy atom. The second-order valence-electron chi connectivity index (χ2n) is 5.36. The highest BCUT2D eigenvalue weighted by molar-refractivity contribution is 7.90. The molecule has 2 N–H and O–H groups in total. The van der Waals surface area contributed by atoms with Crippen LogP contribution in [0.3, 0.4) is 0 Å². The summed E-state index contributed by atoms with van der Waals surface area (Å²) in [5.41, 5.74) is 3.86. The van der Waals surface area contributed by atoms with Gasteiger partial charge >= 0.3 is 0 Å². The van der Waals surface area contributed by atoms with Crippen molar-refractivity contribution < 1.29 is 13.5 Å². The number of rotatable bonds is 3. The molecule has 0 saturated carbocycles. The molecule has 6 heteroatoms. The predicted octanol–water partition coefficient (Wildman–Crippen LogP) is 2.09. The molecule has 0 unspecified atom stereocenters. The van der Waals surface area contributed by atoms with Crippen molar-refractivity contribution in [2.45, 2.75) is 24.5 Å². The molecule has 0 spiro atoms. The van der Waals surface area contributed by atoms with Gasteiger partial charge in [-0.25, -0.2) is 8.42 Å². The van der Waals surface area contributed by atoms with Crippen LogP contribution in [0.4, 0.5) is 5.69 Å². The van der Waals surface area contributed by atoms with Gasteiger partial charge in [-0.1, -0.05) is 25.6 Å². The zero-order valence-electron chi connectivity index (χ0n) is 11.6. The molecule has 0 fully saturated rings. The number of sulfone groups is 1. The van der Waals surface area contributed by atoms with E-state index in [-0.39, 0.29) is 10.6 Å². The molecule has 0 heterocycles. The molecular weight excluding hydrogens is 278 g/mol. The number of phenolic OH excluding ortho intramolecular Hbond substituents is 1. The maximum absolute atomic E-state index is 11.3. The van der Waals surface area contributed by atoms with Crippen molar-refractivity contribution in [1.82, 2.24) is 0 Å². The molecule has 1 aromatic carbocycles. The van der Waals surface area contributed by atoms with E-state index in [0.717, 1.165) is 6.26 Å². The molecule has 4 nitrogen and oxygen atoms in total. The molecule has 0 aliphatic rings. The van der Waals surface area contributed by atoms with Crippen LogP contribution in [-0.4, -0.2) is 34.4 Å². The highest BCUT2D eigenvalue weighted by Crippen LogP contribution is 2.25. The molecule has 104 valence electrons. The van der Waals surface area contributed by atoms with Crippen LogP contribution in [-0.2, 0) is 9.84 Å². The lowest BCUT2D eigenvalue weighted by Crippen LogP contribution is -2.17. The van der Waals surface area contributed by atoms with E-state index in [0.29, 0.717) is 12.2 Å². The average molecular weight is 297 g/mol. The van der Waals surface area contributed by atoms with Gasteiger partial charge in [-0.2, -0.15) is 0 Å². The van der Waals surface area contributed by atoms with Gasteiger partial charge in [-0.15, -0.1) is 5.54 Å². The third-order valence-electron chi connectivity index (χ3n) is 2.20. The van der Waals surface area contributed by atoms with E-state index in [2.05, 4.69) is 36.4 Å². The summed E-state index contributed by atoms with van der Waals surface area (Å²) < 4.78 is 22.7. The van der Waals surface area contributed by atoms with Gasteiger partial charge in [-0.3, -0.25) is 0 Å². The predicted molar refractivity (Wildman–Crippen MR) is 80.8 cm³/mol. The first kappa shape index (κ1) is 15.6. The van der Waals surface area contributed by atoms with Crippen molar-refractivity contribution in [3.05, 3.63) is 18.2 Å². The topological polar surface area (TPSA) is 66.4 Å². The minimum Gasteiger partial charge on any atom is -0.507 e. The van der Waals surface area contributed by atoms with E-state index in [1.807, 2.05) is 0 Å². The second kappa shape index (κ2) is 5.68. The Kier molecular flexibility index (Phi) is 4.66. The van der Waals surface area contributed by atoms with Gasteiger partial charge in [0.25, 0.3) is 0 Å². The van der Waals surface area contributed by atoms with Crippen LogP contribution in [0.1, 0.15) is 0 Å². The average Bonchev–Trinajstić information content (AvgIpc) is 2.21. The number of anilines is 1. The van der Waals surface area contributed by atoms with E-state index >= 15 is 0 Å². The van der Waals surface area contributed by atoms with Gasteiger partial charge in [0, 0.05) is 18.0 Å². The smallest absolute Gasteiger partial charge is 0.179 e. The molecule has 0 aliphatic carbocycles. The highest BCUT2D eigenvalue weighted by atomic mass is 32.2. The number of benzene rings is 1. The summed E-state index contributed by atoms with van der Waals surface area (Å²) in [5.74, 6) is 2.79. The van der Waals surface area contributed by atoms with Gasteiger partial charge in [-0.05, 0) is 12.1 Å². The highest BCUT2D eigenvalue weighted by Gasteiger charge is 2.12. The lowest BCUT2D eigenvalue weighted by Gasteiger charge is -2.07. The molecule has 0 atom stereocenters. The Labute approximate surface area is 115 Å².